The molecule has 1 fully saturated rings. The van der Waals surface area contributed by atoms with Crippen LogP contribution in [0.2, 0.25) is 0 Å². The third kappa shape index (κ3) is 2.84. The minimum absolute atomic E-state index is 0.963. The molecule has 76 valence electrons. The molecule has 0 heterocycles. The first kappa shape index (κ1) is 10.8. The molecular weight excluding hydrogens is 158 g/mol. The molecule has 0 saturated heterocycles. The van der Waals surface area contributed by atoms with E-state index in [1.807, 2.05) is 0 Å². The van der Waals surface area contributed by atoms with Gasteiger partial charge in [-0.2, -0.15) is 0 Å². The van der Waals surface area contributed by atoms with Gasteiger partial charge in [0, 0.05) is 0 Å². The summed E-state index contributed by atoms with van der Waals surface area (Å²) in [5, 5.41) is 3.30. The summed E-state index contributed by atoms with van der Waals surface area (Å²) in [6.45, 7) is 7.29. The van der Waals surface area contributed by atoms with Crippen LogP contribution < -0.4 is 5.32 Å². The quantitative estimate of drug-likeness (QED) is 0.596. The number of allylic oxidation sites excluding steroid dienone is 1. The molecule has 3 atom stereocenters. The van der Waals surface area contributed by atoms with Gasteiger partial charge in [-0.15, -0.1) is 6.58 Å². The topological polar surface area (TPSA) is 12.0 Å². The van der Waals surface area contributed by atoms with Crippen LogP contribution >= 0.6 is 0 Å². The fourth-order valence-electron chi connectivity index (χ4n) is 2.56. The Balaban J connectivity index is 2.23. The highest BCUT2D eigenvalue weighted by molar-refractivity contribution is 4.98. The molecule has 0 aliphatic heterocycles. The fraction of sp³-hybridized carbons (Fsp3) is 0.833. The van der Waals surface area contributed by atoms with Crippen molar-refractivity contribution in [3.8, 4) is 0 Å². The van der Waals surface area contributed by atoms with Crippen LogP contribution in [-0.2, 0) is 0 Å². The molecule has 1 N–H and O–H groups in total. The van der Waals surface area contributed by atoms with Crippen LogP contribution in [0.15, 0.2) is 12.7 Å². The normalized spacial score (nSPS) is 31.7. The van der Waals surface area contributed by atoms with Gasteiger partial charge in [0.2, 0.25) is 0 Å². The second kappa shape index (κ2) is 5.43. The van der Waals surface area contributed by atoms with E-state index in [2.05, 4.69) is 31.9 Å². The standard InChI is InChI=1S/C12H23N/c1-4-6-8-11-10(7-5-2)12(11)9-13-3/h4,10-13H,1,5-9H2,2-3H3/t10-,11+,12?/m0/s1. The Bertz CT molecular complexity index is 141. The molecule has 1 heteroatoms. The van der Waals surface area contributed by atoms with Gasteiger partial charge < -0.3 is 5.32 Å². The maximum absolute atomic E-state index is 3.79. The van der Waals surface area contributed by atoms with Gasteiger partial charge in [0.1, 0.15) is 0 Å². The molecule has 0 aromatic heterocycles. The van der Waals surface area contributed by atoms with Gasteiger partial charge in [0.05, 0.1) is 0 Å². The molecule has 0 radical (unpaired) electrons. The zero-order chi connectivity index (χ0) is 9.68. The van der Waals surface area contributed by atoms with Crippen molar-refractivity contribution in [2.24, 2.45) is 17.8 Å². The summed E-state index contributed by atoms with van der Waals surface area (Å²) in [7, 11) is 2.06. The van der Waals surface area contributed by atoms with E-state index >= 15 is 0 Å². The summed E-state index contributed by atoms with van der Waals surface area (Å²) in [6, 6.07) is 0. The van der Waals surface area contributed by atoms with E-state index in [4.69, 9.17) is 0 Å². The number of nitrogens with one attached hydrogen (secondary N) is 1. The molecule has 1 aliphatic rings. The van der Waals surface area contributed by atoms with E-state index in [1.165, 1.54) is 32.2 Å². The molecule has 1 saturated carbocycles. The highest BCUT2D eigenvalue weighted by atomic mass is 14.8. The number of hydrogen-bond acceptors (Lipinski definition) is 1. The molecule has 0 bridgehead atoms. The minimum Gasteiger partial charge on any atom is -0.319 e. The predicted octanol–water partition coefficient (Wildman–Crippen LogP) is 2.83. The van der Waals surface area contributed by atoms with E-state index in [0.717, 1.165) is 17.8 Å². The average Bonchev–Trinajstić information content (AvgIpc) is 2.77. The van der Waals surface area contributed by atoms with Crippen LogP contribution in [0.1, 0.15) is 32.6 Å². The molecule has 1 unspecified atom stereocenters. The Morgan fingerprint density at radius 1 is 1.23 bits per heavy atom. The molecule has 1 aliphatic carbocycles. The second-order valence-electron chi connectivity index (χ2n) is 4.20. The summed E-state index contributed by atoms with van der Waals surface area (Å²) < 4.78 is 0. The zero-order valence-corrected chi connectivity index (χ0v) is 9.05. The Labute approximate surface area is 82.6 Å². The SMILES string of the molecule is C=CCC[C@H]1C(CNC)[C@H]1CCC. The fourth-order valence-corrected chi connectivity index (χ4v) is 2.56. The van der Waals surface area contributed by atoms with Crippen molar-refractivity contribution in [3.05, 3.63) is 12.7 Å². The van der Waals surface area contributed by atoms with Crippen molar-refractivity contribution < 1.29 is 0 Å². The second-order valence-corrected chi connectivity index (χ2v) is 4.20. The van der Waals surface area contributed by atoms with E-state index < -0.39 is 0 Å². The zero-order valence-electron chi connectivity index (χ0n) is 9.05. The maximum Gasteiger partial charge on any atom is -0.00180 e. The van der Waals surface area contributed by atoms with E-state index in [9.17, 15) is 0 Å². The summed E-state index contributed by atoms with van der Waals surface area (Å²) in [6.07, 6.45) is 7.38. The Morgan fingerprint density at radius 3 is 2.46 bits per heavy atom. The lowest BCUT2D eigenvalue weighted by molar-refractivity contribution is 0.601. The molecule has 1 nitrogen and oxygen atoms in total. The van der Waals surface area contributed by atoms with E-state index in [-0.39, 0.29) is 0 Å². The first-order valence-corrected chi connectivity index (χ1v) is 5.60. The van der Waals surface area contributed by atoms with Gasteiger partial charge in [-0.05, 0) is 44.2 Å². The highest BCUT2D eigenvalue weighted by Gasteiger charge is 2.47. The van der Waals surface area contributed by atoms with Gasteiger partial charge >= 0.3 is 0 Å². The first-order valence-electron chi connectivity index (χ1n) is 5.60. The molecule has 0 aromatic rings. The summed E-state index contributed by atoms with van der Waals surface area (Å²) in [4.78, 5) is 0. The lowest BCUT2D eigenvalue weighted by Crippen LogP contribution is -2.11. The molecule has 0 aromatic carbocycles. The van der Waals surface area contributed by atoms with Crippen molar-refractivity contribution in [1.29, 1.82) is 0 Å². The van der Waals surface area contributed by atoms with Crippen molar-refractivity contribution in [2.75, 3.05) is 13.6 Å². The van der Waals surface area contributed by atoms with Gasteiger partial charge in [-0.1, -0.05) is 25.8 Å². The van der Waals surface area contributed by atoms with Crippen molar-refractivity contribution in [3.63, 3.8) is 0 Å². The van der Waals surface area contributed by atoms with Crippen LogP contribution in [0.3, 0.4) is 0 Å². The Morgan fingerprint density at radius 2 is 1.92 bits per heavy atom. The van der Waals surface area contributed by atoms with Gasteiger partial charge in [0.15, 0.2) is 0 Å². The lowest BCUT2D eigenvalue weighted by Gasteiger charge is -1.95. The first-order chi connectivity index (χ1) is 6.35. The maximum atomic E-state index is 3.79. The largest absolute Gasteiger partial charge is 0.319 e. The van der Waals surface area contributed by atoms with Crippen LogP contribution in [0.4, 0.5) is 0 Å². The minimum atomic E-state index is 0.963. The van der Waals surface area contributed by atoms with E-state index in [0.29, 0.717) is 0 Å². The number of hydrogen-bond donors (Lipinski definition) is 1. The van der Waals surface area contributed by atoms with Crippen molar-refractivity contribution in [2.45, 2.75) is 32.6 Å². The van der Waals surface area contributed by atoms with Crippen LogP contribution in [0, 0.1) is 17.8 Å². The van der Waals surface area contributed by atoms with Crippen molar-refractivity contribution in [1.82, 2.24) is 5.32 Å². The molecule has 0 spiro atoms. The van der Waals surface area contributed by atoms with Gasteiger partial charge in [-0.25, -0.2) is 0 Å². The monoisotopic (exact) mass is 181 g/mol. The molecular formula is C12H23N. The van der Waals surface area contributed by atoms with Gasteiger partial charge in [-0.3, -0.25) is 0 Å². The summed E-state index contributed by atoms with van der Waals surface area (Å²) >= 11 is 0. The Hall–Kier alpha value is -0.300. The smallest absolute Gasteiger partial charge is 0.00180 e. The summed E-state index contributed by atoms with van der Waals surface area (Å²) in [5.74, 6) is 2.97. The third-order valence-corrected chi connectivity index (χ3v) is 3.27. The predicted molar refractivity (Wildman–Crippen MR) is 58.7 cm³/mol. The number of rotatable bonds is 7. The lowest BCUT2D eigenvalue weighted by atomic mass is 10.1. The molecule has 13 heavy (non-hydrogen) atoms. The third-order valence-electron chi connectivity index (χ3n) is 3.27. The van der Waals surface area contributed by atoms with Gasteiger partial charge in [0.25, 0.3) is 0 Å². The van der Waals surface area contributed by atoms with E-state index in [1.54, 1.807) is 0 Å². The van der Waals surface area contributed by atoms with Crippen LogP contribution in [-0.4, -0.2) is 13.6 Å². The average molecular weight is 181 g/mol. The molecule has 1 rings (SSSR count). The van der Waals surface area contributed by atoms with Crippen LogP contribution in [0.5, 0.6) is 0 Å². The van der Waals surface area contributed by atoms with Crippen LogP contribution in [0.25, 0.3) is 0 Å². The molecule has 0 amide bonds. The summed E-state index contributed by atoms with van der Waals surface area (Å²) in [5.41, 5.74) is 0. The highest BCUT2D eigenvalue weighted by Crippen LogP contribution is 2.51. The van der Waals surface area contributed by atoms with Crippen molar-refractivity contribution >= 4 is 0 Å². The Kier molecular flexibility index (Phi) is 4.51.